The number of allylic oxidation sites excluding steroid dienone is 1. The van der Waals surface area contributed by atoms with Gasteiger partial charge in [0.05, 0.1) is 17.3 Å². The van der Waals surface area contributed by atoms with E-state index in [1.54, 1.807) is 16.7 Å². The van der Waals surface area contributed by atoms with E-state index in [4.69, 9.17) is 4.74 Å². The minimum absolute atomic E-state index is 0.0173. The second-order valence-electron chi connectivity index (χ2n) is 8.04. The number of hydrogen-bond donors (Lipinski definition) is 0. The third kappa shape index (κ3) is 4.44. The van der Waals surface area contributed by atoms with Gasteiger partial charge in [-0.1, -0.05) is 80.2 Å². The number of fused-ring (bicyclic) bond motifs is 1. The molecule has 5 nitrogen and oxygen atoms in total. The summed E-state index contributed by atoms with van der Waals surface area (Å²) in [7, 11) is 0. The summed E-state index contributed by atoms with van der Waals surface area (Å²) in [5.41, 5.74) is 4.04. The molecule has 0 spiro atoms. The summed E-state index contributed by atoms with van der Waals surface area (Å²) in [6.45, 7) is 6.27. The van der Waals surface area contributed by atoms with Crippen LogP contribution >= 0.6 is 11.8 Å². The van der Waals surface area contributed by atoms with E-state index in [2.05, 4.69) is 31.0 Å². The number of amides is 1. The molecule has 4 rings (SSSR count). The first-order chi connectivity index (χ1) is 15.0. The number of aliphatic imine (C=N–C) groups is 1. The highest BCUT2D eigenvalue weighted by Gasteiger charge is 2.41. The highest BCUT2D eigenvalue weighted by molar-refractivity contribution is 8.14. The third-order valence-corrected chi connectivity index (χ3v) is 6.51. The number of carbonyl (C=O) groups excluding carboxylic acids is 2. The molecule has 2 aliphatic heterocycles. The molecule has 1 saturated heterocycles. The van der Waals surface area contributed by atoms with Gasteiger partial charge in [-0.25, -0.2) is 9.79 Å². The van der Waals surface area contributed by atoms with Gasteiger partial charge in [0, 0.05) is 12.2 Å². The molecule has 0 bridgehead atoms. The number of nitrogens with zero attached hydrogens (tertiary/aromatic N) is 2. The van der Waals surface area contributed by atoms with E-state index >= 15 is 0 Å². The molecule has 2 aromatic rings. The molecule has 2 heterocycles. The van der Waals surface area contributed by atoms with Crippen LogP contribution in [0.25, 0.3) is 0 Å². The molecule has 1 fully saturated rings. The molecule has 0 radical (unpaired) electrons. The Kier molecular flexibility index (Phi) is 6.28. The Balaban J connectivity index is 1.70. The van der Waals surface area contributed by atoms with Gasteiger partial charge in [-0.05, 0) is 29.5 Å². The molecule has 2 aliphatic rings. The standard InChI is InChI=1S/C25H26N2O3S/c1-16(2)19-9-11-20(12-10-19)23-22(24(29)30-15-18-7-5-4-6-8-18)17(3)26-25-27(23)21(28)13-14-31-25/h4-12,16,23H,13-15H2,1-3H3. The predicted octanol–water partition coefficient (Wildman–Crippen LogP) is 5.20. The van der Waals surface area contributed by atoms with Gasteiger partial charge >= 0.3 is 5.97 Å². The van der Waals surface area contributed by atoms with Crippen molar-refractivity contribution in [2.24, 2.45) is 4.99 Å². The van der Waals surface area contributed by atoms with E-state index < -0.39 is 12.0 Å². The quantitative estimate of drug-likeness (QED) is 0.607. The van der Waals surface area contributed by atoms with Crippen molar-refractivity contribution in [1.29, 1.82) is 0 Å². The molecular weight excluding hydrogens is 408 g/mol. The number of carbonyl (C=O) groups is 2. The minimum atomic E-state index is -0.530. The second-order valence-corrected chi connectivity index (χ2v) is 9.10. The zero-order valence-corrected chi connectivity index (χ0v) is 18.8. The van der Waals surface area contributed by atoms with E-state index in [0.29, 0.717) is 34.5 Å². The Morgan fingerprint density at radius 3 is 2.55 bits per heavy atom. The molecule has 0 aromatic heterocycles. The van der Waals surface area contributed by atoms with E-state index in [9.17, 15) is 9.59 Å². The first kappa shape index (κ1) is 21.4. The molecule has 31 heavy (non-hydrogen) atoms. The normalized spacial score (nSPS) is 18.7. The van der Waals surface area contributed by atoms with Crippen molar-refractivity contribution in [3.63, 3.8) is 0 Å². The highest BCUT2D eigenvalue weighted by Crippen LogP contribution is 2.40. The summed E-state index contributed by atoms with van der Waals surface area (Å²) >= 11 is 1.55. The van der Waals surface area contributed by atoms with Gasteiger partial charge < -0.3 is 4.74 Å². The lowest BCUT2D eigenvalue weighted by Crippen LogP contribution is -2.45. The van der Waals surface area contributed by atoms with Crippen LogP contribution in [-0.4, -0.2) is 27.7 Å². The lowest BCUT2D eigenvalue weighted by Gasteiger charge is -2.39. The Labute approximate surface area is 187 Å². The van der Waals surface area contributed by atoms with Gasteiger partial charge in [0.1, 0.15) is 6.61 Å². The number of thioether (sulfide) groups is 1. The fraction of sp³-hybridized carbons (Fsp3) is 0.320. The highest BCUT2D eigenvalue weighted by atomic mass is 32.2. The zero-order chi connectivity index (χ0) is 22.0. The Hall–Kier alpha value is -2.86. The SMILES string of the molecule is CC1=C(C(=O)OCc2ccccc2)C(c2ccc(C(C)C)cc2)N2C(=O)CCSC2=N1. The molecule has 0 aliphatic carbocycles. The number of hydrogen-bond acceptors (Lipinski definition) is 5. The molecule has 1 atom stereocenters. The number of rotatable bonds is 5. The molecule has 0 saturated carbocycles. The van der Waals surface area contributed by atoms with Crippen molar-refractivity contribution in [2.75, 3.05) is 5.75 Å². The molecule has 1 amide bonds. The van der Waals surface area contributed by atoms with Crippen LogP contribution in [-0.2, 0) is 20.9 Å². The maximum absolute atomic E-state index is 13.2. The van der Waals surface area contributed by atoms with Crippen molar-refractivity contribution >= 4 is 28.8 Å². The molecule has 1 unspecified atom stereocenters. The largest absolute Gasteiger partial charge is 0.457 e. The first-order valence-electron chi connectivity index (χ1n) is 10.5. The van der Waals surface area contributed by atoms with Crippen molar-refractivity contribution < 1.29 is 14.3 Å². The lowest BCUT2D eigenvalue weighted by atomic mass is 9.92. The molecular formula is C25H26N2O3S. The number of esters is 1. The van der Waals surface area contributed by atoms with Crippen LogP contribution in [0.15, 0.2) is 70.9 Å². The van der Waals surface area contributed by atoms with Crippen LogP contribution in [0.2, 0.25) is 0 Å². The van der Waals surface area contributed by atoms with Crippen LogP contribution < -0.4 is 0 Å². The Morgan fingerprint density at radius 2 is 1.87 bits per heavy atom. The van der Waals surface area contributed by atoms with Crippen LogP contribution in [0.4, 0.5) is 0 Å². The smallest absolute Gasteiger partial charge is 0.338 e. The van der Waals surface area contributed by atoms with Gasteiger partial charge in [0.15, 0.2) is 5.17 Å². The monoisotopic (exact) mass is 434 g/mol. The van der Waals surface area contributed by atoms with Gasteiger partial charge in [-0.3, -0.25) is 9.69 Å². The first-order valence-corrected chi connectivity index (χ1v) is 11.5. The second kappa shape index (κ2) is 9.10. The Morgan fingerprint density at radius 1 is 1.16 bits per heavy atom. The minimum Gasteiger partial charge on any atom is -0.457 e. The van der Waals surface area contributed by atoms with E-state index in [-0.39, 0.29) is 12.5 Å². The van der Waals surface area contributed by atoms with Crippen LogP contribution in [0.5, 0.6) is 0 Å². The van der Waals surface area contributed by atoms with Gasteiger partial charge in [-0.15, -0.1) is 0 Å². The number of benzene rings is 2. The predicted molar refractivity (Wildman–Crippen MR) is 124 cm³/mol. The molecule has 2 aromatic carbocycles. The summed E-state index contributed by atoms with van der Waals surface area (Å²) in [6, 6.07) is 17.2. The average molecular weight is 435 g/mol. The van der Waals surface area contributed by atoms with Crippen molar-refractivity contribution in [3.05, 3.63) is 82.6 Å². The molecule has 160 valence electrons. The van der Waals surface area contributed by atoms with Crippen LogP contribution in [0.3, 0.4) is 0 Å². The summed E-state index contributed by atoms with van der Waals surface area (Å²) in [5.74, 6) is 0.646. The number of amidine groups is 1. The van der Waals surface area contributed by atoms with E-state index in [1.807, 2.05) is 49.4 Å². The van der Waals surface area contributed by atoms with Crippen LogP contribution in [0.1, 0.15) is 55.8 Å². The maximum atomic E-state index is 13.2. The summed E-state index contributed by atoms with van der Waals surface area (Å²) in [5, 5.41) is 0.659. The van der Waals surface area contributed by atoms with Crippen LogP contribution in [0, 0.1) is 0 Å². The van der Waals surface area contributed by atoms with Gasteiger partial charge in [0.2, 0.25) is 5.91 Å². The average Bonchev–Trinajstić information content (AvgIpc) is 2.77. The van der Waals surface area contributed by atoms with Gasteiger partial charge in [-0.2, -0.15) is 0 Å². The zero-order valence-electron chi connectivity index (χ0n) is 18.0. The van der Waals surface area contributed by atoms with E-state index in [1.165, 1.54) is 5.56 Å². The lowest BCUT2D eigenvalue weighted by molar-refractivity contribution is -0.141. The van der Waals surface area contributed by atoms with Crippen molar-refractivity contribution in [1.82, 2.24) is 4.90 Å². The van der Waals surface area contributed by atoms with Crippen molar-refractivity contribution in [2.45, 2.75) is 45.8 Å². The Bertz CT molecular complexity index is 1040. The summed E-state index contributed by atoms with van der Waals surface area (Å²) in [6.07, 6.45) is 0.426. The molecule has 6 heteroatoms. The number of ether oxygens (including phenoxy) is 1. The van der Waals surface area contributed by atoms with Gasteiger partial charge in [0.25, 0.3) is 0 Å². The third-order valence-electron chi connectivity index (χ3n) is 5.56. The fourth-order valence-corrected chi connectivity index (χ4v) is 4.84. The van der Waals surface area contributed by atoms with Crippen molar-refractivity contribution in [3.8, 4) is 0 Å². The fourth-order valence-electron chi connectivity index (χ4n) is 3.84. The molecule has 0 N–H and O–H groups in total. The maximum Gasteiger partial charge on any atom is 0.338 e. The summed E-state index contributed by atoms with van der Waals surface area (Å²) in [4.78, 5) is 32.4. The topological polar surface area (TPSA) is 59.0 Å². The summed E-state index contributed by atoms with van der Waals surface area (Å²) < 4.78 is 5.66. The van der Waals surface area contributed by atoms with E-state index in [0.717, 1.165) is 11.1 Å².